The molecule has 1 spiro atoms. The number of nitrogens with zero attached hydrogens (tertiary/aromatic N) is 2. The summed E-state index contributed by atoms with van der Waals surface area (Å²) in [5.41, 5.74) is 2.98. The molecule has 190 valence electrons. The molecular formula is C30H36N2O4. The largest absolute Gasteiger partial charge is 0.508 e. The Morgan fingerprint density at radius 3 is 2.94 bits per heavy atom. The molecule has 0 radical (unpaired) electrons. The van der Waals surface area contributed by atoms with Crippen molar-refractivity contribution in [2.75, 3.05) is 19.6 Å². The minimum absolute atomic E-state index is 0.0164. The highest BCUT2D eigenvalue weighted by atomic mass is 16.5. The lowest BCUT2D eigenvalue weighted by molar-refractivity contribution is -0.138. The van der Waals surface area contributed by atoms with E-state index in [0.29, 0.717) is 30.2 Å². The summed E-state index contributed by atoms with van der Waals surface area (Å²) in [6.45, 7) is 10.8. The van der Waals surface area contributed by atoms with Crippen molar-refractivity contribution in [3.05, 3.63) is 66.1 Å². The number of amides is 1. The van der Waals surface area contributed by atoms with E-state index in [-0.39, 0.29) is 23.5 Å². The number of ether oxygens (including phenoxy) is 1. The molecule has 1 amide bonds. The van der Waals surface area contributed by atoms with E-state index < -0.39 is 0 Å². The second-order valence-electron chi connectivity index (χ2n) is 11.3. The predicted octanol–water partition coefficient (Wildman–Crippen LogP) is 4.78. The Balaban J connectivity index is 1.40. The molecule has 1 N–H and O–H groups in total. The fourth-order valence-electron chi connectivity index (χ4n) is 7.74. The highest BCUT2D eigenvalue weighted by Crippen LogP contribution is 2.63. The molecule has 3 heterocycles. The monoisotopic (exact) mass is 488 g/mol. The molecular weight excluding hydrogens is 452 g/mol. The SMILES string of the molecule is C=CCN1CC[C@@]23c4c5ccc(O)c4C[C@@H]1[C@@H]2CC[C@@H](N(CC(C)C)C(=O)/C=C/c1ccoc1)[C@@H]3O5. The average molecular weight is 489 g/mol. The van der Waals surface area contributed by atoms with E-state index >= 15 is 0 Å². The first-order valence-corrected chi connectivity index (χ1v) is 13.3. The zero-order valence-corrected chi connectivity index (χ0v) is 21.2. The normalized spacial score (nSPS) is 30.3. The van der Waals surface area contributed by atoms with Crippen molar-refractivity contribution in [1.82, 2.24) is 9.80 Å². The van der Waals surface area contributed by atoms with Gasteiger partial charge >= 0.3 is 0 Å². The summed E-state index contributed by atoms with van der Waals surface area (Å²) in [5, 5.41) is 10.9. The summed E-state index contributed by atoms with van der Waals surface area (Å²) in [7, 11) is 0. The third kappa shape index (κ3) is 3.45. The molecule has 2 aromatic rings. The standard InChI is InChI=1S/C30H36N2O4/c1-4-13-31-14-12-30-22-6-7-23(32(17-19(2)3)27(34)10-5-20-11-15-35-18-20)29(30)36-26-9-8-25(33)21(28(26)30)16-24(22)31/h4-5,8-11,15,18-19,22-24,29,33H,1,6-7,12-14,16-17H2,2-3H3/b10-5+/t22-,23+,24+,29-,30-/m0/s1. The first kappa shape index (κ1) is 23.4. The predicted molar refractivity (Wildman–Crippen MR) is 139 cm³/mol. The van der Waals surface area contributed by atoms with Gasteiger partial charge in [-0.05, 0) is 68.3 Å². The average Bonchev–Trinajstić information content (AvgIpc) is 3.49. The van der Waals surface area contributed by atoms with Crippen molar-refractivity contribution in [1.29, 1.82) is 0 Å². The summed E-state index contributed by atoms with van der Waals surface area (Å²) in [6.07, 6.45) is 12.4. The number of likely N-dealkylation sites (tertiary alicyclic amines) is 1. The highest BCUT2D eigenvalue weighted by Gasteiger charge is 2.66. The number of furan rings is 1. The van der Waals surface area contributed by atoms with Crippen molar-refractivity contribution in [2.24, 2.45) is 11.8 Å². The molecule has 1 aromatic heterocycles. The van der Waals surface area contributed by atoms with Gasteiger partial charge in [-0.3, -0.25) is 9.69 Å². The lowest BCUT2D eigenvalue weighted by atomic mass is 9.51. The quantitative estimate of drug-likeness (QED) is 0.449. The van der Waals surface area contributed by atoms with Crippen LogP contribution in [0.5, 0.6) is 11.5 Å². The van der Waals surface area contributed by atoms with Gasteiger partial charge in [0.25, 0.3) is 0 Å². The number of phenols is 1. The smallest absolute Gasteiger partial charge is 0.246 e. The lowest BCUT2D eigenvalue weighted by Gasteiger charge is -2.60. The van der Waals surface area contributed by atoms with E-state index in [1.54, 1.807) is 24.7 Å². The van der Waals surface area contributed by atoms with E-state index in [2.05, 4.69) is 30.2 Å². The van der Waals surface area contributed by atoms with Gasteiger partial charge in [-0.15, -0.1) is 6.58 Å². The topological polar surface area (TPSA) is 66.2 Å². The van der Waals surface area contributed by atoms with Crippen LogP contribution in [0.4, 0.5) is 0 Å². The van der Waals surface area contributed by atoms with Crippen molar-refractivity contribution in [3.63, 3.8) is 0 Å². The molecule has 2 aliphatic carbocycles. The second-order valence-corrected chi connectivity index (χ2v) is 11.3. The van der Waals surface area contributed by atoms with Crippen LogP contribution in [0.2, 0.25) is 0 Å². The minimum atomic E-state index is -0.170. The van der Waals surface area contributed by atoms with Crippen LogP contribution in [0.1, 0.15) is 49.8 Å². The molecule has 1 aromatic carbocycles. The van der Waals surface area contributed by atoms with Gasteiger partial charge in [-0.2, -0.15) is 0 Å². The van der Waals surface area contributed by atoms with Crippen molar-refractivity contribution < 1.29 is 19.1 Å². The maximum atomic E-state index is 13.7. The Morgan fingerprint density at radius 2 is 2.19 bits per heavy atom. The number of aromatic hydroxyl groups is 1. The van der Waals surface area contributed by atoms with E-state index in [0.717, 1.165) is 55.6 Å². The first-order valence-electron chi connectivity index (χ1n) is 13.3. The molecule has 1 saturated heterocycles. The first-order chi connectivity index (χ1) is 17.4. The van der Waals surface area contributed by atoms with E-state index in [1.807, 2.05) is 24.3 Å². The van der Waals surface area contributed by atoms with Crippen molar-refractivity contribution >= 4 is 12.0 Å². The van der Waals surface area contributed by atoms with Crippen molar-refractivity contribution in [2.45, 2.75) is 63.1 Å². The molecule has 0 unspecified atom stereocenters. The number of benzene rings is 1. The number of carbonyl (C=O) groups excluding carboxylic acids is 1. The van der Waals surface area contributed by atoms with Crippen LogP contribution >= 0.6 is 0 Å². The molecule has 1 saturated carbocycles. The van der Waals surface area contributed by atoms with Gasteiger partial charge in [0.1, 0.15) is 17.6 Å². The van der Waals surface area contributed by atoms with Crippen LogP contribution in [-0.4, -0.2) is 58.6 Å². The maximum absolute atomic E-state index is 13.7. The van der Waals surface area contributed by atoms with Gasteiger partial charge in [0.15, 0.2) is 0 Å². The summed E-state index contributed by atoms with van der Waals surface area (Å²) in [6, 6.07) is 5.92. The lowest BCUT2D eigenvalue weighted by Crippen LogP contribution is -2.69. The second kappa shape index (κ2) is 8.84. The van der Waals surface area contributed by atoms with Crippen LogP contribution in [0.25, 0.3) is 6.08 Å². The van der Waals surface area contributed by atoms with Gasteiger partial charge < -0.3 is 19.2 Å². The fraction of sp³-hybridized carbons (Fsp3) is 0.500. The van der Waals surface area contributed by atoms with Gasteiger partial charge in [0, 0.05) is 47.3 Å². The fourth-order valence-corrected chi connectivity index (χ4v) is 7.74. The van der Waals surface area contributed by atoms with Gasteiger partial charge in [-0.25, -0.2) is 0 Å². The van der Waals surface area contributed by atoms with Crippen LogP contribution < -0.4 is 4.74 Å². The van der Waals surface area contributed by atoms with Gasteiger partial charge in [0.05, 0.1) is 18.6 Å². The van der Waals surface area contributed by atoms with Gasteiger partial charge in [0.2, 0.25) is 5.91 Å². The molecule has 6 rings (SSSR count). The van der Waals surface area contributed by atoms with E-state index in [4.69, 9.17) is 9.15 Å². The zero-order valence-electron chi connectivity index (χ0n) is 21.2. The Hall–Kier alpha value is -2.99. The molecule has 2 bridgehead atoms. The molecule has 2 aliphatic heterocycles. The van der Waals surface area contributed by atoms with Crippen LogP contribution in [-0.2, 0) is 16.6 Å². The molecule has 5 atom stereocenters. The summed E-state index contributed by atoms with van der Waals surface area (Å²) in [4.78, 5) is 18.3. The van der Waals surface area contributed by atoms with Crippen molar-refractivity contribution in [3.8, 4) is 11.5 Å². The number of piperidine rings is 1. The molecule has 36 heavy (non-hydrogen) atoms. The number of hydrogen-bond donors (Lipinski definition) is 1. The Bertz CT molecular complexity index is 1190. The van der Waals surface area contributed by atoms with E-state index in [9.17, 15) is 9.90 Å². The summed E-state index contributed by atoms with van der Waals surface area (Å²) < 4.78 is 12.0. The zero-order chi connectivity index (χ0) is 25.0. The third-order valence-corrected chi connectivity index (χ3v) is 8.99. The minimum Gasteiger partial charge on any atom is -0.508 e. The highest BCUT2D eigenvalue weighted by molar-refractivity contribution is 5.92. The Kier molecular flexibility index (Phi) is 5.75. The third-order valence-electron chi connectivity index (χ3n) is 8.99. The molecule has 2 fully saturated rings. The number of carbonyl (C=O) groups is 1. The Labute approximate surface area is 213 Å². The molecule has 6 nitrogen and oxygen atoms in total. The summed E-state index contributed by atoms with van der Waals surface area (Å²) in [5.74, 6) is 2.08. The van der Waals surface area contributed by atoms with Crippen LogP contribution in [0, 0.1) is 11.8 Å². The summed E-state index contributed by atoms with van der Waals surface area (Å²) >= 11 is 0. The van der Waals surface area contributed by atoms with Gasteiger partial charge in [-0.1, -0.05) is 19.9 Å². The van der Waals surface area contributed by atoms with Crippen LogP contribution in [0.15, 0.2) is 53.9 Å². The maximum Gasteiger partial charge on any atom is 0.246 e. The van der Waals surface area contributed by atoms with Crippen LogP contribution in [0.3, 0.4) is 0 Å². The Morgan fingerprint density at radius 1 is 1.33 bits per heavy atom. The number of rotatable bonds is 7. The number of hydrogen-bond acceptors (Lipinski definition) is 5. The molecule has 4 aliphatic rings. The van der Waals surface area contributed by atoms with E-state index in [1.165, 1.54) is 5.56 Å². The molecule has 6 heteroatoms. The number of phenolic OH excluding ortho intramolecular Hbond substituents is 1.